The predicted molar refractivity (Wildman–Crippen MR) is 107 cm³/mol. The molecule has 6 nitrogen and oxygen atoms in total. The quantitative estimate of drug-likeness (QED) is 0.389. The second-order valence-electron chi connectivity index (χ2n) is 7.01. The SMILES string of the molecule is CC1CCc2c(C(=O)OC/C(O)=C(\C#N)c3nc4ccccc4[nH]3)csc2C1. The molecule has 0 saturated carbocycles. The highest BCUT2D eigenvalue weighted by Gasteiger charge is 2.24. The van der Waals surface area contributed by atoms with Gasteiger partial charge in [-0.25, -0.2) is 9.78 Å². The van der Waals surface area contributed by atoms with Gasteiger partial charge in [-0.05, 0) is 42.9 Å². The Morgan fingerprint density at radius 2 is 2.29 bits per heavy atom. The molecular formula is C21H19N3O3S. The number of thiophene rings is 1. The van der Waals surface area contributed by atoms with E-state index >= 15 is 0 Å². The van der Waals surface area contributed by atoms with Crippen LogP contribution in [0.15, 0.2) is 35.4 Å². The van der Waals surface area contributed by atoms with E-state index in [-0.39, 0.29) is 23.8 Å². The van der Waals surface area contributed by atoms with Gasteiger partial charge in [-0.3, -0.25) is 0 Å². The van der Waals surface area contributed by atoms with Crippen LogP contribution in [-0.4, -0.2) is 27.7 Å². The number of nitrogens with one attached hydrogen (secondary N) is 1. The number of aromatic nitrogens is 2. The van der Waals surface area contributed by atoms with Gasteiger partial charge in [0.05, 0.1) is 16.6 Å². The Morgan fingerprint density at radius 1 is 1.46 bits per heavy atom. The maximum atomic E-state index is 12.5. The lowest BCUT2D eigenvalue weighted by Gasteiger charge is -2.18. The summed E-state index contributed by atoms with van der Waals surface area (Å²) in [5.74, 6) is 0.0799. The van der Waals surface area contributed by atoms with Crippen molar-refractivity contribution in [2.24, 2.45) is 5.92 Å². The minimum absolute atomic E-state index is 0.0369. The minimum Gasteiger partial charge on any atom is -0.507 e. The molecule has 0 bridgehead atoms. The molecule has 0 fully saturated rings. The molecule has 1 unspecified atom stereocenters. The van der Waals surface area contributed by atoms with Crippen molar-refractivity contribution in [3.63, 3.8) is 0 Å². The molecule has 2 heterocycles. The van der Waals surface area contributed by atoms with E-state index in [1.807, 2.05) is 35.7 Å². The topological polar surface area (TPSA) is 99.0 Å². The van der Waals surface area contributed by atoms with Gasteiger partial charge in [-0.2, -0.15) is 5.26 Å². The molecule has 2 N–H and O–H groups in total. The van der Waals surface area contributed by atoms with Crippen LogP contribution in [-0.2, 0) is 17.6 Å². The Kier molecular flexibility index (Phi) is 4.88. The van der Waals surface area contributed by atoms with Crippen LogP contribution in [0.3, 0.4) is 0 Å². The van der Waals surface area contributed by atoms with Crippen molar-refractivity contribution in [1.29, 1.82) is 5.26 Å². The first-order chi connectivity index (χ1) is 13.6. The number of esters is 1. The lowest BCUT2D eigenvalue weighted by Crippen LogP contribution is -2.14. The zero-order chi connectivity index (χ0) is 19.7. The molecule has 0 amide bonds. The van der Waals surface area contributed by atoms with Gasteiger partial charge in [0.1, 0.15) is 18.2 Å². The third kappa shape index (κ3) is 3.39. The third-order valence-corrected chi connectivity index (χ3v) is 6.04. The highest BCUT2D eigenvalue weighted by molar-refractivity contribution is 7.10. The zero-order valence-corrected chi connectivity index (χ0v) is 16.2. The van der Waals surface area contributed by atoms with E-state index in [1.165, 1.54) is 4.88 Å². The van der Waals surface area contributed by atoms with Crippen LogP contribution >= 0.6 is 11.3 Å². The van der Waals surface area contributed by atoms with Crippen LogP contribution in [0.4, 0.5) is 0 Å². The number of ether oxygens (including phenoxy) is 1. The zero-order valence-electron chi connectivity index (χ0n) is 15.4. The molecule has 1 aromatic carbocycles. The number of aliphatic hydroxyl groups excluding tert-OH is 1. The van der Waals surface area contributed by atoms with E-state index in [0.29, 0.717) is 17.0 Å². The number of aliphatic hydroxyl groups is 1. The molecular weight excluding hydrogens is 374 g/mol. The van der Waals surface area contributed by atoms with Crippen LogP contribution in [0.25, 0.3) is 16.6 Å². The summed E-state index contributed by atoms with van der Waals surface area (Å²) in [6, 6.07) is 9.27. The van der Waals surface area contributed by atoms with Gasteiger partial charge in [0.25, 0.3) is 0 Å². The molecule has 1 aliphatic carbocycles. The number of imidazole rings is 1. The van der Waals surface area contributed by atoms with E-state index in [9.17, 15) is 15.2 Å². The number of nitriles is 1. The molecule has 1 atom stereocenters. The third-order valence-electron chi connectivity index (χ3n) is 4.99. The first-order valence-electron chi connectivity index (χ1n) is 9.10. The molecule has 1 aliphatic rings. The maximum absolute atomic E-state index is 12.5. The highest BCUT2D eigenvalue weighted by Crippen LogP contribution is 2.33. The number of rotatable bonds is 4. The van der Waals surface area contributed by atoms with Gasteiger partial charge in [-0.1, -0.05) is 19.1 Å². The van der Waals surface area contributed by atoms with Crippen molar-refractivity contribution in [2.75, 3.05) is 6.61 Å². The second-order valence-corrected chi connectivity index (χ2v) is 7.98. The number of carbonyl (C=O) groups is 1. The fourth-order valence-electron chi connectivity index (χ4n) is 3.46. The maximum Gasteiger partial charge on any atom is 0.339 e. The molecule has 28 heavy (non-hydrogen) atoms. The number of H-pyrrole nitrogens is 1. The van der Waals surface area contributed by atoms with Crippen molar-refractivity contribution in [3.8, 4) is 6.07 Å². The molecule has 0 spiro atoms. The molecule has 0 saturated heterocycles. The summed E-state index contributed by atoms with van der Waals surface area (Å²) in [6.07, 6.45) is 2.91. The predicted octanol–water partition coefficient (Wildman–Crippen LogP) is 4.40. The number of hydrogen-bond acceptors (Lipinski definition) is 6. The molecule has 4 rings (SSSR count). The molecule has 0 radical (unpaired) electrons. The van der Waals surface area contributed by atoms with Crippen LogP contribution < -0.4 is 0 Å². The van der Waals surface area contributed by atoms with E-state index in [2.05, 4.69) is 16.9 Å². The van der Waals surface area contributed by atoms with Crippen LogP contribution in [0.5, 0.6) is 0 Å². The number of benzene rings is 1. The molecule has 142 valence electrons. The first kappa shape index (κ1) is 18.3. The van der Waals surface area contributed by atoms with E-state index < -0.39 is 5.97 Å². The first-order valence-corrected chi connectivity index (χ1v) is 9.98. The Morgan fingerprint density at radius 3 is 3.07 bits per heavy atom. The van der Waals surface area contributed by atoms with Gasteiger partial charge in [0, 0.05) is 10.3 Å². The standard InChI is InChI=1S/C21H19N3O3S/c1-12-6-7-13-15(11-28-19(13)8-12)21(26)27-10-18(25)14(9-22)20-23-16-4-2-3-5-17(16)24-20/h2-5,11-12,25H,6-8,10H2,1H3,(H,23,24)/b18-14-. The summed E-state index contributed by atoms with van der Waals surface area (Å²) in [5, 5.41) is 21.6. The number of fused-ring (bicyclic) bond motifs is 2. The smallest absolute Gasteiger partial charge is 0.339 e. The van der Waals surface area contributed by atoms with Gasteiger partial charge in [0.15, 0.2) is 11.6 Å². The molecule has 7 heteroatoms. The van der Waals surface area contributed by atoms with E-state index in [4.69, 9.17) is 4.74 Å². The monoisotopic (exact) mass is 393 g/mol. The number of carbonyl (C=O) groups excluding carboxylic acids is 1. The Labute approximate surface area is 166 Å². The molecule has 0 aliphatic heterocycles. The summed E-state index contributed by atoms with van der Waals surface area (Å²) in [6.45, 7) is 1.84. The summed E-state index contributed by atoms with van der Waals surface area (Å²) in [4.78, 5) is 21.0. The van der Waals surface area contributed by atoms with Crippen molar-refractivity contribution < 1.29 is 14.6 Å². The van der Waals surface area contributed by atoms with Crippen LogP contribution in [0, 0.1) is 17.2 Å². The number of allylic oxidation sites excluding steroid dienone is 1. The Bertz CT molecular complexity index is 1090. The summed E-state index contributed by atoms with van der Waals surface area (Å²) < 4.78 is 5.29. The number of nitrogens with zero attached hydrogens (tertiary/aromatic N) is 2. The Hall–Kier alpha value is -3.11. The van der Waals surface area contributed by atoms with Crippen molar-refractivity contribution in [2.45, 2.75) is 26.2 Å². The second kappa shape index (κ2) is 7.49. The van der Waals surface area contributed by atoms with Crippen molar-refractivity contribution in [3.05, 3.63) is 57.2 Å². The van der Waals surface area contributed by atoms with Gasteiger partial charge < -0.3 is 14.8 Å². The van der Waals surface area contributed by atoms with Gasteiger partial charge in [0.2, 0.25) is 0 Å². The van der Waals surface area contributed by atoms with E-state index in [1.54, 1.807) is 11.3 Å². The summed E-state index contributed by atoms with van der Waals surface area (Å²) in [7, 11) is 0. The Balaban J connectivity index is 1.52. The van der Waals surface area contributed by atoms with Crippen LogP contribution in [0.1, 0.15) is 40.0 Å². The molecule has 2 aromatic heterocycles. The average molecular weight is 393 g/mol. The van der Waals surface area contributed by atoms with Gasteiger partial charge in [-0.15, -0.1) is 11.3 Å². The largest absolute Gasteiger partial charge is 0.507 e. The average Bonchev–Trinajstić information content (AvgIpc) is 3.30. The summed E-state index contributed by atoms with van der Waals surface area (Å²) >= 11 is 1.59. The molecule has 3 aromatic rings. The fraction of sp³-hybridized carbons (Fsp3) is 0.286. The number of para-hydroxylation sites is 2. The lowest BCUT2D eigenvalue weighted by molar-refractivity contribution is 0.0501. The normalized spacial score (nSPS) is 16.9. The van der Waals surface area contributed by atoms with E-state index in [0.717, 1.165) is 30.3 Å². The van der Waals surface area contributed by atoms with Crippen molar-refractivity contribution >= 4 is 33.9 Å². The minimum atomic E-state index is -0.472. The van der Waals surface area contributed by atoms with Crippen molar-refractivity contribution in [1.82, 2.24) is 9.97 Å². The summed E-state index contributed by atoms with van der Waals surface area (Å²) in [5.41, 5.74) is 3.05. The number of hydrogen-bond donors (Lipinski definition) is 2. The number of aromatic amines is 1. The van der Waals surface area contributed by atoms with Gasteiger partial charge >= 0.3 is 5.97 Å². The fourth-order valence-corrected chi connectivity index (χ4v) is 4.69. The highest BCUT2D eigenvalue weighted by atomic mass is 32.1. The van der Waals surface area contributed by atoms with Crippen LogP contribution in [0.2, 0.25) is 0 Å². The lowest BCUT2D eigenvalue weighted by atomic mass is 9.88.